The van der Waals surface area contributed by atoms with Gasteiger partial charge in [-0.05, 0) is 35.4 Å². The molecule has 0 saturated heterocycles. The molecule has 0 aliphatic rings. The molecule has 0 saturated carbocycles. The van der Waals surface area contributed by atoms with Crippen molar-refractivity contribution in [3.05, 3.63) is 70.9 Å². The molecule has 0 fully saturated rings. The minimum absolute atomic E-state index is 0.0251. The van der Waals surface area contributed by atoms with Crippen molar-refractivity contribution in [2.75, 3.05) is 0 Å². The maximum absolute atomic E-state index is 12.9. The van der Waals surface area contributed by atoms with Crippen LogP contribution in [0.5, 0.6) is 0 Å². The number of benzene rings is 2. The van der Waals surface area contributed by atoms with Crippen LogP contribution in [0.25, 0.3) is 10.9 Å². The number of aromatic nitrogens is 1. The van der Waals surface area contributed by atoms with Gasteiger partial charge in [0.05, 0.1) is 17.5 Å². The Morgan fingerprint density at radius 3 is 2.14 bits per heavy atom. The minimum atomic E-state index is -4.95. The number of hydrogen-bond acceptors (Lipinski definition) is 2. The Kier molecular flexibility index (Phi) is 5.10. The number of para-hydroxylation sites is 1. The topological polar surface area (TPSA) is 42.1 Å². The van der Waals surface area contributed by atoms with Gasteiger partial charge >= 0.3 is 18.3 Å². The molecule has 0 aliphatic carbocycles. The monoisotopic (exact) mass is 401 g/mol. The van der Waals surface area contributed by atoms with Crippen molar-refractivity contribution in [3.8, 4) is 0 Å². The first-order valence-corrected chi connectivity index (χ1v) is 8.03. The summed E-state index contributed by atoms with van der Waals surface area (Å²) >= 11 is 0. The molecule has 28 heavy (non-hydrogen) atoms. The van der Waals surface area contributed by atoms with Gasteiger partial charge in [-0.25, -0.2) is 0 Å². The lowest BCUT2D eigenvalue weighted by Gasteiger charge is -2.14. The molecule has 9 heteroatoms. The molecule has 3 rings (SSSR count). The molecule has 2 aromatic carbocycles. The summed E-state index contributed by atoms with van der Waals surface area (Å²) in [5.74, 6) is -0.768. The van der Waals surface area contributed by atoms with Crippen molar-refractivity contribution in [1.82, 2.24) is 4.98 Å². The molecule has 0 aliphatic heterocycles. The number of rotatable bonds is 4. The van der Waals surface area contributed by atoms with E-state index in [4.69, 9.17) is 4.74 Å². The molecule has 0 radical (unpaired) electrons. The van der Waals surface area contributed by atoms with Gasteiger partial charge in [0.1, 0.15) is 6.61 Å². The van der Waals surface area contributed by atoms with Crippen LogP contribution < -0.4 is 0 Å². The quantitative estimate of drug-likeness (QED) is 0.464. The largest absolute Gasteiger partial charge is 0.461 e. The summed E-state index contributed by atoms with van der Waals surface area (Å²) in [7, 11) is 0. The van der Waals surface area contributed by atoms with E-state index in [-0.39, 0.29) is 12.5 Å². The first-order valence-electron chi connectivity index (χ1n) is 8.03. The number of halogens is 6. The number of ether oxygens (including phenoxy) is 1. The summed E-state index contributed by atoms with van der Waals surface area (Å²) in [6.45, 7) is -0.700. The van der Waals surface area contributed by atoms with Gasteiger partial charge < -0.3 is 9.72 Å². The number of carbonyl (C=O) groups is 1. The van der Waals surface area contributed by atoms with Crippen LogP contribution in [-0.2, 0) is 34.9 Å². The molecule has 0 amide bonds. The summed E-state index contributed by atoms with van der Waals surface area (Å²) in [6.07, 6.45) is -8.48. The number of carbonyl (C=O) groups excluding carboxylic acids is 1. The zero-order valence-corrected chi connectivity index (χ0v) is 14.1. The Bertz CT molecular complexity index is 971. The molecular weight excluding hydrogens is 388 g/mol. The summed E-state index contributed by atoms with van der Waals surface area (Å²) in [6, 6.07) is 8.24. The maximum Gasteiger partial charge on any atom is 0.416 e. The number of nitrogens with one attached hydrogen (secondary N) is 1. The van der Waals surface area contributed by atoms with Crippen molar-refractivity contribution in [2.45, 2.75) is 25.4 Å². The molecular formula is C19H13F6NO2. The average Bonchev–Trinajstić information content (AvgIpc) is 3.01. The van der Waals surface area contributed by atoms with Gasteiger partial charge in [-0.1, -0.05) is 18.2 Å². The van der Waals surface area contributed by atoms with E-state index in [0.717, 1.165) is 10.9 Å². The van der Waals surface area contributed by atoms with E-state index in [2.05, 4.69) is 4.98 Å². The highest BCUT2D eigenvalue weighted by Crippen LogP contribution is 2.36. The first kappa shape index (κ1) is 19.8. The fourth-order valence-electron chi connectivity index (χ4n) is 2.75. The van der Waals surface area contributed by atoms with Crippen LogP contribution in [0, 0.1) is 0 Å². The van der Waals surface area contributed by atoms with E-state index in [1.165, 1.54) is 0 Å². The zero-order chi connectivity index (χ0) is 20.5. The fraction of sp³-hybridized carbons (Fsp3) is 0.211. The Morgan fingerprint density at radius 2 is 1.54 bits per heavy atom. The van der Waals surface area contributed by atoms with Crippen LogP contribution in [0.4, 0.5) is 26.3 Å². The summed E-state index contributed by atoms with van der Waals surface area (Å²) < 4.78 is 82.0. The van der Waals surface area contributed by atoms with Gasteiger partial charge in [0.15, 0.2) is 0 Å². The molecule has 3 aromatic rings. The highest BCUT2D eigenvalue weighted by molar-refractivity contribution is 5.87. The number of H-pyrrole nitrogens is 1. The van der Waals surface area contributed by atoms with Gasteiger partial charge in [-0.2, -0.15) is 26.3 Å². The third kappa shape index (κ3) is 4.47. The number of aromatic amines is 1. The van der Waals surface area contributed by atoms with Gasteiger partial charge in [-0.3, -0.25) is 4.79 Å². The number of alkyl halides is 6. The second-order valence-electron chi connectivity index (χ2n) is 6.11. The van der Waals surface area contributed by atoms with Crippen LogP contribution in [0.1, 0.15) is 22.3 Å². The second-order valence-corrected chi connectivity index (χ2v) is 6.11. The van der Waals surface area contributed by atoms with Gasteiger partial charge in [0.2, 0.25) is 0 Å². The third-order valence-electron chi connectivity index (χ3n) is 4.06. The highest BCUT2D eigenvalue weighted by Gasteiger charge is 2.36. The smallest absolute Gasteiger partial charge is 0.416 e. The van der Waals surface area contributed by atoms with Crippen LogP contribution >= 0.6 is 0 Å². The van der Waals surface area contributed by atoms with Crippen molar-refractivity contribution in [1.29, 1.82) is 0 Å². The zero-order valence-electron chi connectivity index (χ0n) is 14.1. The van der Waals surface area contributed by atoms with Crippen LogP contribution in [0.15, 0.2) is 48.7 Å². The van der Waals surface area contributed by atoms with E-state index in [1.807, 2.05) is 0 Å². The van der Waals surface area contributed by atoms with Crippen LogP contribution in [-0.4, -0.2) is 11.0 Å². The Morgan fingerprint density at radius 1 is 0.929 bits per heavy atom. The molecule has 0 atom stereocenters. The predicted molar refractivity (Wildman–Crippen MR) is 88.2 cm³/mol. The van der Waals surface area contributed by atoms with Crippen LogP contribution in [0.2, 0.25) is 0 Å². The highest BCUT2D eigenvalue weighted by atomic mass is 19.4. The standard InChI is InChI=1S/C19H13F6NO2/c20-18(21,22)13-5-11(6-14(8-13)19(23,24)25)10-28-17(27)7-12-9-26-16-4-2-1-3-15(12)16/h1-6,8-9,26H,7,10H2. The lowest BCUT2D eigenvalue weighted by atomic mass is 10.1. The normalized spacial score (nSPS) is 12.4. The Hall–Kier alpha value is -2.97. The molecule has 0 spiro atoms. The number of fused-ring (bicyclic) bond motifs is 1. The summed E-state index contributed by atoms with van der Waals surface area (Å²) in [5, 5.41) is 0.776. The second kappa shape index (κ2) is 7.21. The molecule has 0 unspecified atom stereocenters. The lowest BCUT2D eigenvalue weighted by Crippen LogP contribution is -2.13. The molecule has 0 bridgehead atoms. The van der Waals surface area contributed by atoms with E-state index < -0.39 is 41.6 Å². The predicted octanol–water partition coefficient (Wildman–Crippen LogP) is 5.49. The van der Waals surface area contributed by atoms with Crippen molar-refractivity contribution in [3.63, 3.8) is 0 Å². The molecule has 1 heterocycles. The maximum atomic E-state index is 12.9. The molecule has 1 N–H and O–H groups in total. The van der Waals surface area contributed by atoms with E-state index in [9.17, 15) is 31.1 Å². The van der Waals surface area contributed by atoms with E-state index in [1.54, 1.807) is 30.5 Å². The number of esters is 1. The van der Waals surface area contributed by atoms with Gasteiger partial charge in [-0.15, -0.1) is 0 Å². The van der Waals surface area contributed by atoms with Crippen LogP contribution in [0.3, 0.4) is 0 Å². The Labute approximate surface area is 154 Å². The lowest BCUT2D eigenvalue weighted by molar-refractivity contribution is -0.144. The first-order chi connectivity index (χ1) is 13.0. The number of hydrogen-bond donors (Lipinski definition) is 1. The minimum Gasteiger partial charge on any atom is -0.461 e. The van der Waals surface area contributed by atoms with Crippen molar-refractivity contribution >= 4 is 16.9 Å². The van der Waals surface area contributed by atoms with Gasteiger partial charge in [0, 0.05) is 17.1 Å². The molecule has 3 nitrogen and oxygen atoms in total. The third-order valence-corrected chi connectivity index (χ3v) is 4.06. The average molecular weight is 401 g/mol. The Balaban J connectivity index is 1.75. The summed E-state index contributed by atoms with van der Waals surface area (Å²) in [5.41, 5.74) is -1.90. The molecule has 1 aromatic heterocycles. The van der Waals surface area contributed by atoms with Crippen molar-refractivity contribution in [2.24, 2.45) is 0 Å². The van der Waals surface area contributed by atoms with E-state index >= 15 is 0 Å². The van der Waals surface area contributed by atoms with E-state index in [0.29, 0.717) is 17.7 Å². The summed E-state index contributed by atoms with van der Waals surface area (Å²) in [4.78, 5) is 15.0. The fourth-order valence-corrected chi connectivity index (χ4v) is 2.75. The molecule has 148 valence electrons. The van der Waals surface area contributed by atoms with Gasteiger partial charge in [0.25, 0.3) is 0 Å². The van der Waals surface area contributed by atoms with Crippen molar-refractivity contribution < 1.29 is 35.9 Å². The SMILES string of the molecule is O=C(Cc1c[nH]c2ccccc12)OCc1cc(C(F)(F)F)cc(C(F)(F)F)c1.